The number of hydrogen-bond acceptors (Lipinski definition) is 10. The first-order chi connectivity index (χ1) is 42.7. The molecule has 1 heterocycles. The quantitative estimate of drug-likeness (QED) is 0.0195. The summed E-state index contributed by atoms with van der Waals surface area (Å²) in [6, 6.07) is -1.03. The van der Waals surface area contributed by atoms with Gasteiger partial charge in [-0.3, -0.25) is 9.59 Å². The Bertz CT molecular complexity index is 1690. The van der Waals surface area contributed by atoms with Crippen LogP contribution in [0.25, 0.3) is 0 Å². The van der Waals surface area contributed by atoms with E-state index in [1.807, 2.05) is 6.08 Å². The van der Waals surface area contributed by atoms with E-state index < -0.39 is 67.4 Å². The number of allylic oxidation sites excluding steroid dienone is 11. The van der Waals surface area contributed by atoms with Crippen molar-refractivity contribution in [3.05, 3.63) is 72.9 Å². The molecule has 6 N–H and O–H groups in total. The summed E-state index contributed by atoms with van der Waals surface area (Å²) < 4.78 is 17.7. The average Bonchev–Trinajstić information content (AvgIpc) is 2.25. The highest BCUT2D eigenvalue weighted by Gasteiger charge is 2.47. The number of esters is 1. The van der Waals surface area contributed by atoms with E-state index in [0.29, 0.717) is 12.8 Å². The molecule has 506 valence electrons. The average molecular weight is 1220 g/mol. The van der Waals surface area contributed by atoms with Gasteiger partial charge in [0.2, 0.25) is 5.91 Å². The summed E-state index contributed by atoms with van der Waals surface area (Å²) in [5.74, 6) is -1.20. The molecule has 1 rings (SSSR count). The number of nitrogens with one attached hydrogen (secondary N) is 1. The zero-order valence-electron chi connectivity index (χ0n) is 56.4. The van der Waals surface area contributed by atoms with Gasteiger partial charge in [0.1, 0.15) is 24.4 Å². The summed E-state index contributed by atoms with van der Waals surface area (Å²) in [6.07, 6.45) is 72.3. The summed E-state index contributed by atoms with van der Waals surface area (Å²) in [7, 11) is 0. The van der Waals surface area contributed by atoms with Gasteiger partial charge in [-0.05, 0) is 70.6 Å². The van der Waals surface area contributed by atoms with Gasteiger partial charge in [0.25, 0.3) is 0 Å². The van der Waals surface area contributed by atoms with Gasteiger partial charge in [-0.25, -0.2) is 0 Å². The molecule has 11 heteroatoms. The van der Waals surface area contributed by atoms with Crippen molar-refractivity contribution in [2.45, 2.75) is 384 Å². The highest BCUT2D eigenvalue weighted by atomic mass is 16.7. The van der Waals surface area contributed by atoms with Crippen LogP contribution in [0.2, 0.25) is 0 Å². The minimum Gasteiger partial charge on any atom is -0.454 e. The molecule has 0 aromatic carbocycles. The van der Waals surface area contributed by atoms with Crippen molar-refractivity contribution in [1.82, 2.24) is 5.32 Å². The minimum absolute atomic E-state index is 0.125. The number of aliphatic hydroxyl groups excluding tert-OH is 5. The lowest BCUT2D eigenvalue weighted by Crippen LogP contribution is -2.61. The predicted molar refractivity (Wildman–Crippen MR) is 366 cm³/mol. The molecule has 0 spiro atoms. The molecule has 0 aliphatic carbocycles. The van der Waals surface area contributed by atoms with Crippen molar-refractivity contribution in [1.29, 1.82) is 0 Å². The van der Waals surface area contributed by atoms with Crippen LogP contribution in [0.4, 0.5) is 0 Å². The molecule has 8 atom stereocenters. The molecule has 0 aromatic rings. The zero-order chi connectivity index (χ0) is 63.1. The second-order valence-corrected chi connectivity index (χ2v) is 25.3. The molecule has 0 saturated carbocycles. The molecule has 1 saturated heterocycles. The van der Waals surface area contributed by atoms with Crippen LogP contribution < -0.4 is 5.32 Å². The molecule has 0 aromatic heterocycles. The first kappa shape index (κ1) is 82.1. The van der Waals surface area contributed by atoms with E-state index in [9.17, 15) is 35.1 Å². The Kier molecular flexibility index (Phi) is 59.7. The van der Waals surface area contributed by atoms with Gasteiger partial charge in [-0.2, -0.15) is 0 Å². The van der Waals surface area contributed by atoms with Crippen molar-refractivity contribution in [2.24, 2.45) is 0 Å². The Labute approximate surface area is 534 Å². The summed E-state index contributed by atoms with van der Waals surface area (Å²) in [6.45, 7) is 5.72. The Morgan fingerprint density at radius 1 is 0.460 bits per heavy atom. The molecule has 87 heavy (non-hydrogen) atoms. The van der Waals surface area contributed by atoms with Crippen molar-refractivity contribution in [3.8, 4) is 0 Å². The van der Waals surface area contributed by atoms with Crippen molar-refractivity contribution in [3.63, 3.8) is 0 Å². The lowest BCUT2D eigenvalue weighted by molar-refractivity contribution is -0.305. The minimum atomic E-state index is -1.62. The molecule has 1 amide bonds. The van der Waals surface area contributed by atoms with Gasteiger partial charge in [0, 0.05) is 6.42 Å². The lowest BCUT2D eigenvalue weighted by Gasteiger charge is -2.41. The predicted octanol–water partition coefficient (Wildman–Crippen LogP) is 19.1. The molecule has 1 aliphatic rings. The lowest BCUT2D eigenvalue weighted by atomic mass is 9.99. The fourth-order valence-electron chi connectivity index (χ4n) is 11.4. The second kappa shape index (κ2) is 63.3. The van der Waals surface area contributed by atoms with Crippen molar-refractivity contribution < 1.29 is 49.3 Å². The van der Waals surface area contributed by atoms with Crippen LogP contribution in [-0.4, -0.2) is 99.6 Å². The fraction of sp³-hybridized carbons (Fsp3) is 0.816. The summed E-state index contributed by atoms with van der Waals surface area (Å²) in [4.78, 5) is 26.7. The Balaban J connectivity index is 2.58. The number of rotatable bonds is 63. The largest absolute Gasteiger partial charge is 0.454 e. The standard InChI is InChI=1S/C76H137NO10/c1-4-7-10-13-16-19-22-25-27-29-31-33-35-37-39-41-43-46-49-52-55-58-61-64-71(81)87-74-73(83)72(82)70(65-78)86-76(74)85-66-67(68(79)62-59-56-53-50-47-44-24-21-18-15-12-9-6-3)77-75(84)69(80)63-60-57-54-51-48-45-42-40-38-36-34-32-30-28-26-23-20-17-14-11-8-5-2/h8,11,17,20,26,28,32,34,38,40,59,62,67-70,72-74,76,78-80,82-83H,4-7,9-10,12-16,18-19,21-25,27,29-31,33,35-37,39,41-58,60-61,63-66H2,1-3H3,(H,77,84)/b11-8-,20-17-,28-26-,34-32-,40-38-,62-59+. The number of carbonyl (C=O) groups is 2. The van der Waals surface area contributed by atoms with E-state index in [0.717, 1.165) is 109 Å². The van der Waals surface area contributed by atoms with Gasteiger partial charge in [0.05, 0.1) is 25.4 Å². The molecule has 0 radical (unpaired) electrons. The van der Waals surface area contributed by atoms with Crippen LogP contribution in [-0.2, 0) is 23.8 Å². The highest BCUT2D eigenvalue weighted by molar-refractivity contribution is 5.80. The fourth-order valence-corrected chi connectivity index (χ4v) is 11.4. The zero-order valence-corrected chi connectivity index (χ0v) is 56.4. The van der Waals surface area contributed by atoms with E-state index in [4.69, 9.17) is 14.2 Å². The molecule has 8 unspecified atom stereocenters. The summed E-state index contributed by atoms with van der Waals surface area (Å²) in [5, 5.41) is 57.3. The summed E-state index contributed by atoms with van der Waals surface area (Å²) in [5.41, 5.74) is 0. The van der Waals surface area contributed by atoms with Crippen LogP contribution in [0, 0.1) is 0 Å². The van der Waals surface area contributed by atoms with Gasteiger partial charge in [-0.1, -0.05) is 331 Å². The third-order valence-electron chi connectivity index (χ3n) is 17.1. The van der Waals surface area contributed by atoms with E-state index in [-0.39, 0.29) is 19.4 Å². The number of hydrogen-bond donors (Lipinski definition) is 6. The first-order valence-corrected chi connectivity index (χ1v) is 36.7. The van der Waals surface area contributed by atoms with E-state index in [1.54, 1.807) is 6.08 Å². The topological polar surface area (TPSA) is 175 Å². The van der Waals surface area contributed by atoms with Crippen LogP contribution in [0.3, 0.4) is 0 Å². The number of aliphatic hydroxyl groups is 5. The highest BCUT2D eigenvalue weighted by Crippen LogP contribution is 2.26. The maximum Gasteiger partial charge on any atom is 0.306 e. The summed E-state index contributed by atoms with van der Waals surface area (Å²) >= 11 is 0. The Hall–Kier alpha value is -2.90. The maximum atomic E-state index is 13.5. The van der Waals surface area contributed by atoms with Crippen LogP contribution in [0.15, 0.2) is 72.9 Å². The number of ether oxygens (including phenoxy) is 3. The number of carbonyl (C=O) groups excluding carboxylic acids is 2. The molecular weight excluding hydrogens is 1090 g/mol. The van der Waals surface area contributed by atoms with Gasteiger partial charge in [0.15, 0.2) is 12.4 Å². The van der Waals surface area contributed by atoms with E-state index >= 15 is 0 Å². The van der Waals surface area contributed by atoms with E-state index in [2.05, 4.69) is 86.8 Å². The van der Waals surface area contributed by atoms with Crippen LogP contribution in [0.5, 0.6) is 0 Å². The van der Waals surface area contributed by atoms with E-state index in [1.165, 1.54) is 180 Å². The molecule has 1 aliphatic heterocycles. The molecule has 1 fully saturated rings. The SMILES string of the molecule is CC/C=C\C/C=C\C/C=C\C/C=C\C/C=C\CCCCCCCCC(O)C(=O)NC(COC1OC(CO)C(O)C(O)C1OC(=O)CCCCCCCCCCCCCCCCCCCCCCCCC)C(O)/C=C/CCCCCCCCCCCCC. The third kappa shape index (κ3) is 50.4. The van der Waals surface area contributed by atoms with Gasteiger partial charge < -0.3 is 45.1 Å². The number of amides is 1. The van der Waals surface area contributed by atoms with Crippen molar-refractivity contribution >= 4 is 11.9 Å². The monoisotopic (exact) mass is 1220 g/mol. The molecular formula is C76H137NO10. The van der Waals surface area contributed by atoms with Crippen molar-refractivity contribution in [2.75, 3.05) is 13.2 Å². The molecule has 0 bridgehead atoms. The van der Waals surface area contributed by atoms with Crippen LogP contribution in [0.1, 0.15) is 335 Å². The maximum absolute atomic E-state index is 13.5. The third-order valence-corrected chi connectivity index (χ3v) is 17.1. The number of unbranched alkanes of at least 4 members (excludes halogenated alkanes) is 39. The van der Waals surface area contributed by atoms with Crippen LogP contribution >= 0.6 is 0 Å². The Morgan fingerprint density at radius 3 is 1.24 bits per heavy atom. The Morgan fingerprint density at radius 2 is 0.828 bits per heavy atom. The smallest absolute Gasteiger partial charge is 0.306 e. The second-order valence-electron chi connectivity index (χ2n) is 25.3. The first-order valence-electron chi connectivity index (χ1n) is 36.7. The van der Waals surface area contributed by atoms with Gasteiger partial charge >= 0.3 is 5.97 Å². The van der Waals surface area contributed by atoms with Gasteiger partial charge in [-0.15, -0.1) is 0 Å². The molecule has 11 nitrogen and oxygen atoms in total. The normalized spacial score (nSPS) is 18.6.